The minimum Gasteiger partial charge on any atom is -0.393 e. The number of aliphatic hydroxyl groups excluding tert-OH is 1. The first-order valence-electron chi connectivity index (χ1n) is 9.75. The summed E-state index contributed by atoms with van der Waals surface area (Å²) in [6, 6.07) is 11.3. The lowest BCUT2D eigenvalue weighted by atomic mass is 10.1. The summed E-state index contributed by atoms with van der Waals surface area (Å²) in [5.74, 6) is 1.01. The average Bonchev–Trinajstić information content (AvgIpc) is 3.07. The van der Waals surface area contributed by atoms with Gasteiger partial charge in [0.05, 0.1) is 12.6 Å². The van der Waals surface area contributed by atoms with Crippen LogP contribution in [0.3, 0.4) is 0 Å². The lowest BCUT2D eigenvalue weighted by Crippen LogP contribution is -2.47. The normalized spacial score (nSPS) is 23.2. The molecule has 2 N–H and O–H groups in total. The molecule has 5 nitrogen and oxygen atoms in total. The molecule has 0 bridgehead atoms. The molecule has 5 heteroatoms. The summed E-state index contributed by atoms with van der Waals surface area (Å²) in [7, 11) is 0. The third kappa shape index (κ3) is 5.19. The van der Waals surface area contributed by atoms with Crippen LogP contribution < -0.4 is 5.32 Å². The quantitative estimate of drug-likeness (QED) is 0.634. The van der Waals surface area contributed by atoms with Gasteiger partial charge in [-0.2, -0.15) is 0 Å². The fraction of sp³-hybridized carbons (Fsp3) is 0.650. The molecule has 2 saturated heterocycles. The van der Waals surface area contributed by atoms with E-state index in [0.717, 1.165) is 51.5 Å². The Morgan fingerprint density at radius 1 is 1.16 bits per heavy atom. The maximum Gasteiger partial charge on any atom is 0.193 e. The molecule has 0 saturated carbocycles. The number of nitrogens with zero attached hydrogens (tertiary/aromatic N) is 3. The second kappa shape index (κ2) is 9.20. The summed E-state index contributed by atoms with van der Waals surface area (Å²) in [6.07, 6.45) is 4.03. The van der Waals surface area contributed by atoms with E-state index in [-0.39, 0.29) is 6.10 Å². The molecule has 0 aliphatic carbocycles. The van der Waals surface area contributed by atoms with Crippen molar-refractivity contribution in [1.29, 1.82) is 0 Å². The molecule has 138 valence electrons. The monoisotopic (exact) mass is 344 g/mol. The molecule has 0 aromatic heterocycles. The van der Waals surface area contributed by atoms with Gasteiger partial charge in [-0.25, -0.2) is 0 Å². The second-order valence-electron chi connectivity index (χ2n) is 7.16. The first kappa shape index (κ1) is 18.2. The number of rotatable bonds is 5. The summed E-state index contributed by atoms with van der Waals surface area (Å²) in [4.78, 5) is 9.81. The van der Waals surface area contributed by atoms with Crippen molar-refractivity contribution < 1.29 is 5.11 Å². The average molecular weight is 345 g/mol. The maximum atomic E-state index is 9.72. The maximum absolute atomic E-state index is 9.72. The lowest BCUT2D eigenvalue weighted by molar-refractivity contribution is 0.108. The molecule has 2 aliphatic rings. The molecule has 1 unspecified atom stereocenters. The van der Waals surface area contributed by atoms with Crippen molar-refractivity contribution >= 4 is 5.96 Å². The number of aliphatic hydroxyl groups is 1. The third-order valence-electron chi connectivity index (χ3n) is 5.28. The first-order chi connectivity index (χ1) is 12.3. The molecular weight excluding hydrogens is 312 g/mol. The van der Waals surface area contributed by atoms with Crippen LogP contribution in [0.5, 0.6) is 0 Å². The zero-order valence-electron chi connectivity index (χ0n) is 15.4. The Hall–Kier alpha value is -1.59. The molecule has 0 radical (unpaired) electrons. The SMILES string of the molecule is CCNC(=NCC1CCCN1Cc1ccccc1)N1CCC(O)CC1. The van der Waals surface area contributed by atoms with Crippen LogP contribution in [0.25, 0.3) is 0 Å². The molecule has 1 aromatic carbocycles. The highest BCUT2D eigenvalue weighted by molar-refractivity contribution is 5.80. The molecule has 25 heavy (non-hydrogen) atoms. The molecular formula is C20H32N4O. The van der Waals surface area contributed by atoms with Crippen LogP contribution in [-0.2, 0) is 6.54 Å². The lowest BCUT2D eigenvalue weighted by Gasteiger charge is -2.33. The van der Waals surface area contributed by atoms with Gasteiger partial charge in [0.2, 0.25) is 0 Å². The number of hydrogen-bond donors (Lipinski definition) is 2. The predicted octanol–water partition coefficient (Wildman–Crippen LogP) is 2.07. The fourth-order valence-electron chi connectivity index (χ4n) is 3.82. The van der Waals surface area contributed by atoms with Gasteiger partial charge < -0.3 is 15.3 Å². The van der Waals surface area contributed by atoms with E-state index in [1.807, 2.05) is 0 Å². The highest BCUT2D eigenvalue weighted by Crippen LogP contribution is 2.20. The third-order valence-corrected chi connectivity index (χ3v) is 5.28. The van der Waals surface area contributed by atoms with E-state index in [2.05, 4.69) is 52.4 Å². The zero-order chi connectivity index (χ0) is 17.5. The van der Waals surface area contributed by atoms with Gasteiger partial charge in [-0.05, 0) is 44.7 Å². The van der Waals surface area contributed by atoms with Gasteiger partial charge in [0.25, 0.3) is 0 Å². The molecule has 0 amide bonds. The highest BCUT2D eigenvalue weighted by atomic mass is 16.3. The van der Waals surface area contributed by atoms with Crippen molar-refractivity contribution in [1.82, 2.24) is 15.1 Å². The Bertz CT molecular complexity index is 540. The van der Waals surface area contributed by atoms with Crippen molar-refractivity contribution in [2.24, 2.45) is 4.99 Å². The number of piperidine rings is 1. The minimum atomic E-state index is -0.143. The summed E-state index contributed by atoms with van der Waals surface area (Å²) in [6.45, 7) is 7.84. The summed E-state index contributed by atoms with van der Waals surface area (Å²) >= 11 is 0. The zero-order valence-corrected chi connectivity index (χ0v) is 15.4. The van der Waals surface area contributed by atoms with Crippen LogP contribution in [0, 0.1) is 0 Å². The van der Waals surface area contributed by atoms with Crippen molar-refractivity contribution in [3.05, 3.63) is 35.9 Å². The summed E-state index contributed by atoms with van der Waals surface area (Å²) in [5, 5.41) is 13.2. The van der Waals surface area contributed by atoms with Gasteiger partial charge >= 0.3 is 0 Å². The summed E-state index contributed by atoms with van der Waals surface area (Å²) < 4.78 is 0. The molecule has 2 aliphatic heterocycles. The predicted molar refractivity (Wildman–Crippen MR) is 103 cm³/mol. The Labute approximate surface area is 151 Å². The Balaban J connectivity index is 1.59. The Kier molecular flexibility index (Phi) is 6.70. The number of benzene rings is 1. The number of likely N-dealkylation sites (tertiary alicyclic amines) is 2. The molecule has 3 rings (SSSR count). The molecule has 1 atom stereocenters. The van der Waals surface area contributed by atoms with Gasteiger partial charge in [-0.15, -0.1) is 0 Å². The molecule has 0 spiro atoms. The van der Waals surface area contributed by atoms with Crippen LogP contribution >= 0.6 is 0 Å². The van der Waals surface area contributed by atoms with Crippen LogP contribution in [0.2, 0.25) is 0 Å². The molecule has 2 fully saturated rings. The van der Waals surface area contributed by atoms with Crippen LogP contribution in [0.1, 0.15) is 38.2 Å². The van der Waals surface area contributed by atoms with E-state index < -0.39 is 0 Å². The fourth-order valence-corrected chi connectivity index (χ4v) is 3.82. The van der Waals surface area contributed by atoms with E-state index in [1.165, 1.54) is 24.9 Å². The number of nitrogens with one attached hydrogen (secondary N) is 1. The smallest absolute Gasteiger partial charge is 0.193 e. The van der Waals surface area contributed by atoms with E-state index in [0.29, 0.717) is 6.04 Å². The number of hydrogen-bond acceptors (Lipinski definition) is 3. The number of guanidine groups is 1. The van der Waals surface area contributed by atoms with E-state index in [4.69, 9.17) is 4.99 Å². The highest BCUT2D eigenvalue weighted by Gasteiger charge is 2.25. The van der Waals surface area contributed by atoms with Gasteiger partial charge in [0, 0.05) is 32.2 Å². The standard InChI is InChI=1S/C20H32N4O/c1-2-21-20(23-13-10-19(25)11-14-23)22-15-18-9-6-12-24(18)16-17-7-4-3-5-8-17/h3-5,7-8,18-19,25H,2,6,9-16H2,1H3,(H,21,22). The first-order valence-corrected chi connectivity index (χ1v) is 9.75. The van der Waals surface area contributed by atoms with Gasteiger partial charge in [0.15, 0.2) is 5.96 Å². The topological polar surface area (TPSA) is 51.1 Å². The van der Waals surface area contributed by atoms with Gasteiger partial charge in [-0.3, -0.25) is 9.89 Å². The van der Waals surface area contributed by atoms with Crippen molar-refractivity contribution in [3.8, 4) is 0 Å². The van der Waals surface area contributed by atoms with Crippen molar-refractivity contribution in [3.63, 3.8) is 0 Å². The Morgan fingerprint density at radius 3 is 2.64 bits per heavy atom. The second-order valence-corrected chi connectivity index (χ2v) is 7.16. The summed E-state index contributed by atoms with van der Waals surface area (Å²) in [5.41, 5.74) is 1.38. The van der Waals surface area contributed by atoms with Crippen LogP contribution in [0.15, 0.2) is 35.3 Å². The Morgan fingerprint density at radius 2 is 1.92 bits per heavy atom. The number of aliphatic imine (C=N–C) groups is 1. The minimum absolute atomic E-state index is 0.143. The van der Waals surface area contributed by atoms with Crippen LogP contribution in [-0.4, -0.2) is 65.7 Å². The molecule has 2 heterocycles. The van der Waals surface area contributed by atoms with E-state index >= 15 is 0 Å². The van der Waals surface area contributed by atoms with E-state index in [9.17, 15) is 5.11 Å². The van der Waals surface area contributed by atoms with E-state index in [1.54, 1.807) is 0 Å². The van der Waals surface area contributed by atoms with Gasteiger partial charge in [0.1, 0.15) is 0 Å². The molecule has 1 aromatic rings. The van der Waals surface area contributed by atoms with Gasteiger partial charge in [-0.1, -0.05) is 30.3 Å². The van der Waals surface area contributed by atoms with Crippen molar-refractivity contribution in [2.45, 2.75) is 51.3 Å². The van der Waals surface area contributed by atoms with Crippen molar-refractivity contribution in [2.75, 3.05) is 32.7 Å². The largest absolute Gasteiger partial charge is 0.393 e. The van der Waals surface area contributed by atoms with Crippen LogP contribution in [0.4, 0.5) is 0 Å².